The standard InChI is InChI=1S/C15H20BrN3.HI/c1-3-10-18-14(17-2)19-11-15(8-9-15)12-6-4-5-7-13(12)16;/h3-7H,1,8-11H2,2H3,(H2,17,18,19);1H. The summed E-state index contributed by atoms with van der Waals surface area (Å²) in [7, 11) is 1.79. The fourth-order valence-corrected chi connectivity index (χ4v) is 2.93. The molecule has 3 nitrogen and oxygen atoms in total. The molecule has 1 fully saturated rings. The quantitative estimate of drug-likeness (QED) is 0.312. The van der Waals surface area contributed by atoms with Crippen molar-refractivity contribution in [3.05, 3.63) is 47.0 Å². The van der Waals surface area contributed by atoms with Gasteiger partial charge in [-0.1, -0.05) is 40.2 Å². The maximum atomic E-state index is 4.21. The van der Waals surface area contributed by atoms with E-state index in [1.165, 1.54) is 22.9 Å². The van der Waals surface area contributed by atoms with Crippen LogP contribution in [0.3, 0.4) is 0 Å². The number of aliphatic imine (C=N–C) groups is 1. The molecule has 1 aliphatic rings. The van der Waals surface area contributed by atoms with Crippen LogP contribution in [0.1, 0.15) is 18.4 Å². The van der Waals surface area contributed by atoms with Crippen LogP contribution in [0.25, 0.3) is 0 Å². The van der Waals surface area contributed by atoms with Crippen LogP contribution >= 0.6 is 39.9 Å². The fraction of sp³-hybridized carbons (Fsp3) is 0.400. The van der Waals surface area contributed by atoms with Gasteiger partial charge in [0.15, 0.2) is 5.96 Å². The first-order chi connectivity index (χ1) is 9.22. The minimum absolute atomic E-state index is 0. The van der Waals surface area contributed by atoms with Crippen molar-refractivity contribution in [2.45, 2.75) is 18.3 Å². The summed E-state index contributed by atoms with van der Waals surface area (Å²) in [6, 6.07) is 8.48. The van der Waals surface area contributed by atoms with Crippen LogP contribution in [0, 0.1) is 0 Å². The molecule has 0 saturated heterocycles. The predicted octanol–water partition coefficient (Wildman–Crippen LogP) is 3.45. The van der Waals surface area contributed by atoms with Gasteiger partial charge in [-0.2, -0.15) is 0 Å². The highest BCUT2D eigenvalue weighted by atomic mass is 127. The zero-order valence-electron chi connectivity index (χ0n) is 11.7. The highest BCUT2D eigenvalue weighted by Crippen LogP contribution is 2.49. The minimum Gasteiger partial charge on any atom is -0.356 e. The van der Waals surface area contributed by atoms with Crippen LogP contribution in [0.5, 0.6) is 0 Å². The second-order valence-electron chi connectivity index (χ2n) is 4.86. The molecule has 1 aromatic carbocycles. The number of guanidine groups is 1. The molecule has 110 valence electrons. The largest absolute Gasteiger partial charge is 0.356 e. The van der Waals surface area contributed by atoms with E-state index in [-0.39, 0.29) is 29.4 Å². The van der Waals surface area contributed by atoms with E-state index in [1.54, 1.807) is 7.05 Å². The average Bonchev–Trinajstić information content (AvgIpc) is 3.20. The number of rotatable bonds is 5. The first-order valence-corrected chi connectivity index (χ1v) is 7.31. The third kappa shape index (κ3) is 4.22. The zero-order chi connectivity index (χ0) is 13.7. The average molecular weight is 450 g/mol. The molecule has 20 heavy (non-hydrogen) atoms. The van der Waals surface area contributed by atoms with Gasteiger partial charge in [-0.25, -0.2) is 0 Å². The Labute approximate surface area is 146 Å². The van der Waals surface area contributed by atoms with Gasteiger partial charge in [-0.3, -0.25) is 4.99 Å². The van der Waals surface area contributed by atoms with Crippen LogP contribution in [0.4, 0.5) is 0 Å². The number of nitrogens with zero attached hydrogens (tertiary/aromatic N) is 1. The Bertz CT molecular complexity index is 484. The van der Waals surface area contributed by atoms with Gasteiger partial charge in [0.25, 0.3) is 0 Å². The maximum absolute atomic E-state index is 4.21. The molecule has 1 saturated carbocycles. The topological polar surface area (TPSA) is 36.4 Å². The molecule has 0 aliphatic heterocycles. The predicted molar refractivity (Wildman–Crippen MR) is 100 cm³/mol. The normalized spacial score (nSPS) is 16.0. The van der Waals surface area contributed by atoms with Crippen molar-refractivity contribution < 1.29 is 0 Å². The van der Waals surface area contributed by atoms with Crippen molar-refractivity contribution in [1.82, 2.24) is 10.6 Å². The lowest BCUT2D eigenvalue weighted by Crippen LogP contribution is -2.41. The molecule has 1 aliphatic carbocycles. The van der Waals surface area contributed by atoms with Gasteiger partial charge in [-0.05, 0) is 24.5 Å². The minimum atomic E-state index is 0. The first kappa shape index (κ1) is 17.5. The van der Waals surface area contributed by atoms with Gasteiger partial charge >= 0.3 is 0 Å². The smallest absolute Gasteiger partial charge is 0.191 e. The van der Waals surface area contributed by atoms with Crippen molar-refractivity contribution in [2.75, 3.05) is 20.1 Å². The van der Waals surface area contributed by atoms with E-state index in [9.17, 15) is 0 Å². The Balaban J connectivity index is 0.00000200. The van der Waals surface area contributed by atoms with E-state index in [2.05, 4.69) is 62.4 Å². The lowest BCUT2D eigenvalue weighted by molar-refractivity contribution is 0.646. The van der Waals surface area contributed by atoms with E-state index in [1.807, 2.05) is 6.08 Å². The molecular weight excluding hydrogens is 429 g/mol. The van der Waals surface area contributed by atoms with Crippen LogP contribution in [0.2, 0.25) is 0 Å². The molecule has 1 aromatic rings. The van der Waals surface area contributed by atoms with Gasteiger partial charge < -0.3 is 10.6 Å². The third-order valence-electron chi connectivity index (χ3n) is 3.53. The Morgan fingerprint density at radius 3 is 2.65 bits per heavy atom. The Kier molecular flexibility index (Phi) is 7.02. The Hall–Kier alpha value is -0.560. The monoisotopic (exact) mass is 449 g/mol. The fourth-order valence-electron chi connectivity index (χ4n) is 2.23. The second kappa shape index (κ2) is 8.02. The summed E-state index contributed by atoms with van der Waals surface area (Å²) < 4.78 is 1.20. The lowest BCUT2D eigenvalue weighted by atomic mass is 9.96. The van der Waals surface area contributed by atoms with Crippen LogP contribution < -0.4 is 10.6 Å². The van der Waals surface area contributed by atoms with Gasteiger partial charge in [0.05, 0.1) is 0 Å². The van der Waals surface area contributed by atoms with E-state index in [4.69, 9.17) is 0 Å². The molecule has 0 radical (unpaired) electrons. The SMILES string of the molecule is C=CCNC(=NC)NCC1(c2ccccc2Br)CC1.I. The van der Waals surface area contributed by atoms with Crippen LogP contribution in [-0.4, -0.2) is 26.1 Å². The van der Waals surface area contributed by atoms with Crippen LogP contribution in [-0.2, 0) is 5.41 Å². The highest BCUT2D eigenvalue weighted by molar-refractivity contribution is 14.0. The van der Waals surface area contributed by atoms with Crippen LogP contribution in [0.15, 0.2) is 46.4 Å². The summed E-state index contributed by atoms with van der Waals surface area (Å²) in [5.41, 5.74) is 1.65. The van der Waals surface area contributed by atoms with E-state index in [0.717, 1.165) is 19.0 Å². The number of benzene rings is 1. The maximum Gasteiger partial charge on any atom is 0.191 e. The molecule has 5 heteroatoms. The summed E-state index contributed by atoms with van der Waals surface area (Å²) in [4.78, 5) is 4.21. The van der Waals surface area contributed by atoms with Gasteiger partial charge in [0.2, 0.25) is 0 Å². The summed E-state index contributed by atoms with van der Waals surface area (Å²) in [5, 5.41) is 6.60. The zero-order valence-corrected chi connectivity index (χ0v) is 15.6. The lowest BCUT2D eigenvalue weighted by Gasteiger charge is -2.20. The molecule has 0 atom stereocenters. The number of halogens is 2. The molecule has 0 amide bonds. The first-order valence-electron chi connectivity index (χ1n) is 6.52. The Morgan fingerprint density at radius 1 is 1.40 bits per heavy atom. The van der Waals surface area contributed by atoms with Crippen molar-refractivity contribution in [3.8, 4) is 0 Å². The van der Waals surface area contributed by atoms with E-state index in [0.29, 0.717) is 0 Å². The highest BCUT2D eigenvalue weighted by Gasteiger charge is 2.45. The molecule has 0 aromatic heterocycles. The number of nitrogens with one attached hydrogen (secondary N) is 2. The van der Waals surface area contributed by atoms with Gasteiger partial charge in [0, 0.05) is 30.0 Å². The van der Waals surface area contributed by atoms with E-state index < -0.39 is 0 Å². The molecule has 2 rings (SSSR count). The van der Waals surface area contributed by atoms with Gasteiger partial charge in [0.1, 0.15) is 0 Å². The summed E-state index contributed by atoms with van der Waals surface area (Å²) in [6.07, 6.45) is 4.27. The van der Waals surface area contributed by atoms with E-state index >= 15 is 0 Å². The van der Waals surface area contributed by atoms with Crippen molar-refractivity contribution in [2.24, 2.45) is 4.99 Å². The molecule has 0 heterocycles. The Morgan fingerprint density at radius 2 is 2.10 bits per heavy atom. The molecule has 0 unspecified atom stereocenters. The number of hydrogen-bond donors (Lipinski definition) is 2. The van der Waals surface area contributed by atoms with Crippen molar-refractivity contribution in [3.63, 3.8) is 0 Å². The summed E-state index contributed by atoms with van der Waals surface area (Å²) in [6.45, 7) is 5.33. The second-order valence-corrected chi connectivity index (χ2v) is 5.71. The van der Waals surface area contributed by atoms with Crippen molar-refractivity contribution in [1.29, 1.82) is 0 Å². The summed E-state index contributed by atoms with van der Waals surface area (Å²) >= 11 is 3.65. The summed E-state index contributed by atoms with van der Waals surface area (Å²) in [5.74, 6) is 0.832. The molecule has 2 N–H and O–H groups in total. The molecular formula is C15H21BrIN3. The third-order valence-corrected chi connectivity index (χ3v) is 4.22. The molecule has 0 spiro atoms. The van der Waals surface area contributed by atoms with Crippen molar-refractivity contribution >= 4 is 45.9 Å². The number of hydrogen-bond acceptors (Lipinski definition) is 1. The van der Waals surface area contributed by atoms with Gasteiger partial charge in [-0.15, -0.1) is 30.6 Å². The molecule has 0 bridgehead atoms.